The topological polar surface area (TPSA) is 29.9 Å². The lowest BCUT2D eigenvalue weighted by molar-refractivity contribution is 0.253. The van der Waals surface area contributed by atoms with Crippen molar-refractivity contribution in [1.29, 1.82) is 0 Å². The summed E-state index contributed by atoms with van der Waals surface area (Å²) in [6.45, 7) is 4.67. The molecular formula is C13H23N3. The monoisotopic (exact) mass is 221 g/mol. The Bertz CT molecular complexity index is 330. The Kier molecular flexibility index (Phi) is 3.52. The number of nitrogens with one attached hydrogen (secondary N) is 1. The van der Waals surface area contributed by atoms with Crippen LogP contribution in [0.25, 0.3) is 0 Å². The molecule has 1 saturated carbocycles. The first-order valence-electron chi connectivity index (χ1n) is 6.43. The SMILES string of the molecule is CC(C)C1CCCCC1Nc1ccn(C)n1. The van der Waals surface area contributed by atoms with E-state index in [9.17, 15) is 0 Å². The fourth-order valence-electron chi connectivity index (χ4n) is 2.82. The van der Waals surface area contributed by atoms with Crippen LogP contribution in [0.15, 0.2) is 12.3 Å². The van der Waals surface area contributed by atoms with Crippen LogP contribution in [0.2, 0.25) is 0 Å². The highest BCUT2D eigenvalue weighted by molar-refractivity contribution is 5.34. The van der Waals surface area contributed by atoms with E-state index in [0.29, 0.717) is 6.04 Å². The van der Waals surface area contributed by atoms with Gasteiger partial charge in [-0.05, 0) is 24.7 Å². The highest BCUT2D eigenvalue weighted by Gasteiger charge is 2.27. The van der Waals surface area contributed by atoms with E-state index in [4.69, 9.17) is 0 Å². The van der Waals surface area contributed by atoms with Crippen LogP contribution >= 0.6 is 0 Å². The second kappa shape index (κ2) is 4.89. The van der Waals surface area contributed by atoms with Crippen LogP contribution in [0.5, 0.6) is 0 Å². The van der Waals surface area contributed by atoms with Gasteiger partial charge in [-0.3, -0.25) is 4.68 Å². The highest BCUT2D eigenvalue weighted by Crippen LogP contribution is 2.31. The van der Waals surface area contributed by atoms with Crippen LogP contribution in [0.1, 0.15) is 39.5 Å². The number of nitrogens with zero attached hydrogens (tertiary/aromatic N) is 2. The standard InChI is InChI=1S/C13H23N3/c1-10(2)11-6-4-5-7-12(11)14-13-8-9-16(3)15-13/h8-12H,4-7H2,1-3H3,(H,14,15). The Morgan fingerprint density at radius 3 is 2.75 bits per heavy atom. The van der Waals surface area contributed by atoms with E-state index in [1.807, 2.05) is 17.9 Å². The molecule has 2 atom stereocenters. The Labute approximate surface area is 98.2 Å². The number of aromatic nitrogens is 2. The number of anilines is 1. The van der Waals surface area contributed by atoms with E-state index in [0.717, 1.165) is 17.7 Å². The molecule has 1 fully saturated rings. The van der Waals surface area contributed by atoms with Crippen LogP contribution < -0.4 is 5.32 Å². The molecule has 1 aromatic heterocycles. The number of hydrogen-bond donors (Lipinski definition) is 1. The van der Waals surface area contributed by atoms with Gasteiger partial charge in [0.1, 0.15) is 5.82 Å². The summed E-state index contributed by atoms with van der Waals surface area (Å²) < 4.78 is 1.86. The zero-order chi connectivity index (χ0) is 11.5. The average Bonchev–Trinajstić information content (AvgIpc) is 2.64. The molecule has 90 valence electrons. The molecule has 1 aromatic rings. The summed E-state index contributed by atoms with van der Waals surface area (Å²) in [5.74, 6) is 2.59. The zero-order valence-electron chi connectivity index (χ0n) is 10.6. The number of rotatable bonds is 3. The average molecular weight is 221 g/mol. The van der Waals surface area contributed by atoms with Crippen molar-refractivity contribution in [3.8, 4) is 0 Å². The lowest BCUT2D eigenvalue weighted by Gasteiger charge is -2.34. The lowest BCUT2D eigenvalue weighted by atomic mass is 9.78. The van der Waals surface area contributed by atoms with Gasteiger partial charge >= 0.3 is 0 Å². The van der Waals surface area contributed by atoms with Gasteiger partial charge in [-0.15, -0.1) is 0 Å². The van der Waals surface area contributed by atoms with E-state index in [1.54, 1.807) is 0 Å². The van der Waals surface area contributed by atoms with Crippen LogP contribution in [0.3, 0.4) is 0 Å². The van der Waals surface area contributed by atoms with Crippen molar-refractivity contribution < 1.29 is 0 Å². The quantitative estimate of drug-likeness (QED) is 0.850. The first kappa shape index (κ1) is 11.5. The summed E-state index contributed by atoms with van der Waals surface area (Å²) in [7, 11) is 1.96. The molecule has 3 heteroatoms. The van der Waals surface area contributed by atoms with Crippen molar-refractivity contribution >= 4 is 5.82 Å². The minimum Gasteiger partial charge on any atom is -0.366 e. The summed E-state index contributed by atoms with van der Waals surface area (Å²) in [5, 5.41) is 8.01. The van der Waals surface area contributed by atoms with Gasteiger partial charge in [0.2, 0.25) is 0 Å². The second-order valence-electron chi connectivity index (χ2n) is 5.32. The van der Waals surface area contributed by atoms with E-state index >= 15 is 0 Å². The van der Waals surface area contributed by atoms with Gasteiger partial charge < -0.3 is 5.32 Å². The van der Waals surface area contributed by atoms with Crippen LogP contribution in [0, 0.1) is 11.8 Å². The van der Waals surface area contributed by atoms with Crippen molar-refractivity contribution in [2.75, 3.05) is 5.32 Å². The van der Waals surface area contributed by atoms with Crippen molar-refractivity contribution in [3.05, 3.63) is 12.3 Å². The Balaban J connectivity index is 2.01. The maximum atomic E-state index is 4.40. The molecule has 3 nitrogen and oxygen atoms in total. The molecule has 1 N–H and O–H groups in total. The van der Waals surface area contributed by atoms with Crippen LogP contribution in [0.4, 0.5) is 5.82 Å². The second-order valence-corrected chi connectivity index (χ2v) is 5.32. The maximum absolute atomic E-state index is 4.40. The van der Waals surface area contributed by atoms with Crippen molar-refractivity contribution in [2.24, 2.45) is 18.9 Å². The maximum Gasteiger partial charge on any atom is 0.148 e. The van der Waals surface area contributed by atoms with Gasteiger partial charge in [0.05, 0.1) is 0 Å². The van der Waals surface area contributed by atoms with Crippen molar-refractivity contribution in [1.82, 2.24) is 9.78 Å². The molecule has 0 spiro atoms. The minimum absolute atomic E-state index is 0.614. The zero-order valence-corrected chi connectivity index (χ0v) is 10.6. The normalized spacial score (nSPS) is 26.0. The van der Waals surface area contributed by atoms with Crippen LogP contribution in [-0.2, 0) is 7.05 Å². The molecule has 0 saturated heterocycles. The molecule has 0 aliphatic heterocycles. The third-order valence-electron chi connectivity index (χ3n) is 3.72. The van der Waals surface area contributed by atoms with Gasteiger partial charge in [-0.25, -0.2) is 0 Å². The van der Waals surface area contributed by atoms with Gasteiger partial charge in [-0.2, -0.15) is 5.10 Å². The molecule has 0 bridgehead atoms. The molecule has 2 rings (SSSR count). The van der Waals surface area contributed by atoms with Gasteiger partial charge in [0, 0.05) is 25.4 Å². The Hall–Kier alpha value is -0.990. The summed E-state index contributed by atoms with van der Waals surface area (Å²) in [4.78, 5) is 0. The molecule has 0 amide bonds. The van der Waals surface area contributed by atoms with Crippen molar-refractivity contribution in [3.63, 3.8) is 0 Å². The predicted octanol–water partition coefficient (Wildman–Crippen LogP) is 3.05. The largest absolute Gasteiger partial charge is 0.366 e. The molecule has 1 aliphatic rings. The van der Waals surface area contributed by atoms with E-state index in [2.05, 4.69) is 30.3 Å². The third-order valence-corrected chi connectivity index (χ3v) is 3.72. The van der Waals surface area contributed by atoms with Gasteiger partial charge in [0.15, 0.2) is 0 Å². The minimum atomic E-state index is 0.614. The highest BCUT2D eigenvalue weighted by atomic mass is 15.3. The smallest absolute Gasteiger partial charge is 0.148 e. The summed E-state index contributed by atoms with van der Waals surface area (Å²) in [5.41, 5.74) is 0. The molecule has 1 aliphatic carbocycles. The van der Waals surface area contributed by atoms with E-state index in [1.165, 1.54) is 25.7 Å². The van der Waals surface area contributed by atoms with Crippen LogP contribution in [-0.4, -0.2) is 15.8 Å². The summed E-state index contributed by atoms with van der Waals surface area (Å²) in [6, 6.07) is 2.68. The first-order chi connectivity index (χ1) is 7.66. The number of aryl methyl sites for hydroxylation is 1. The van der Waals surface area contributed by atoms with Crippen molar-refractivity contribution in [2.45, 2.75) is 45.6 Å². The fourth-order valence-corrected chi connectivity index (χ4v) is 2.82. The van der Waals surface area contributed by atoms with Gasteiger partial charge in [0.25, 0.3) is 0 Å². The molecule has 2 unspecified atom stereocenters. The molecule has 0 aromatic carbocycles. The molecule has 16 heavy (non-hydrogen) atoms. The lowest BCUT2D eigenvalue weighted by Crippen LogP contribution is -2.35. The third kappa shape index (κ3) is 2.57. The molecule has 0 radical (unpaired) electrons. The van der Waals surface area contributed by atoms with E-state index in [-0.39, 0.29) is 0 Å². The van der Waals surface area contributed by atoms with Gasteiger partial charge in [-0.1, -0.05) is 26.7 Å². The molecule has 1 heterocycles. The summed E-state index contributed by atoms with van der Waals surface area (Å²) in [6.07, 6.45) is 7.40. The predicted molar refractivity (Wildman–Crippen MR) is 67.4 cm³/mol. The fraction of sp³-hybridized carbons (Fsp3) is 0.769. The molecular weight excluding hydrogens is 198 g/mol. The summed E-state index contributed by atoms with van der Waals surface area (Å²) >= 11 is 0. The van der Waals surface area contributed by atoms with E-state index < -0.39 is 0 Å². The Morgan fingerprint density at radius 1 is 1.38 bits per heavy atom. The Morgan fingerprint density at radius 2 is 2.12 bits per heavy atom. The first-order valence-corrected chi connectivity index (χ1v) is 6.43. The number of hydrogen-bond acceptors (Lipinski definition) is 2.